The minimum Gasteiger partial charge on any atom is -0.353 e. The SMILES string of the molecule is C(#Cc1ccccc1)C1=C(C#Cc2ccccc2)c2nc1c(-c1ccccc1)c1cc(C#Cc3ccccc3)c([nH]1)c(-c1ccccc1)c1nc(c(-c3ccccc3)c3[nH]c(c(C#Cc4ccccc4)c3C#Cc3ccccc3)c2-c2ccccc2)C=C1. The van der Waals surface area contributed by atoms with Crippen LogP contribution in [0.2, 0.25) is 0 Å². The number of H-pyrrole nitrogens is 2. The molecule has 2 aliphatic heterocycles. The van der Waals surface area contributed by atoms with Gasteiger partial charge < -0.3 is 9.97 Å². The van der Waals surface area contributed by atoms with Gasteiger partial charge in [-0.05, 0) is 101 Å². The lowest BCUT2D eigenvalue weighted by Gasteiger charge is -2.07. The Morgan fingerprint density at radius 3 is 0.955 bits per heavy atom. The van der Waals surface area contributed by atoms with Crippen LogP contribution in [0.25, 0.3) is 89.9 Å². The van der Waals surface area contributed by atoms with Crippen molar-refractivity contribution >= 4 is 45.4 Å². The van der Waals surface area contributed by atoms with Gasteiger partial charge in [0, 0.05) is 55.6 Å². The number of nitrogens with one attached hydrogen (secondary N) is 2. The molecule has 0 amide bonds. The molecule has 9 aromatic carbocycles. The van der Waals surface area contributed by atoms with E-state index in [-0.39, 0.29) is 0 Å². The topological polar surface area (TPSA) is 57.4 Å². The van der Waals surface area contributed by atoms with Crippen molar-refractivity contribution in [1.29, 1.82) is 0 Å². The van der Waals surface area contributed by atoms with Crippen LogP contribution < -0.4 is 0 Å². The van der Waals surface area contributed by atoms with Crippen molar-refractivity contribution in [3.05, 3.63) is 346 Å². The number of rotatable bonds is 4. The van der Waals surface area contributed by atoms with Gasteiger partial charge in [-0.2, -0.15) is 0 Å². The molecule has 5 heterocycles. The predicted octanol–water partition coefficient (Wildman–Crippen LogP) is 18.4. The van der Waals surface area contributed by atoms with Crippen LogP contribution in [-0.4, -0.2) is 19.9 Å². The average Bonchev–Trinajstić information content (AvgIpc) is 1.67. The molecule has 0 spiro atoms. The zero-order valence-corrected chi connectivity index (χ0v) is 47.6. The van der Waals surface area contributed by atoms with E-state index in [2.05, 4.69) is 184 Å². The number of benzene rings is 9. The van der Waals surface area contributed by atoms with Gasteiger partial charge in [-0.1, -0.05) is 272 Å². The van der Waals surface area contributed by atoms with Crippen molar-refractivity contribution in [1.82, 2.24) is 19.9 Å². The Labute approximate surface area is 512 Å². The summed E-state index contributed by atoms with van der Waals surface area (Å²) in [5.74, 6) is 36.6. The highest BCUT2D eigenvalue weighted by Gasteiger charge is 2.29. The van der Waals surface area contributed by atoms with Gasteiger partial charge in [-0.15, -0.1) is 0 Å². The summed E-state index contributed by atoms with van der Waals surface area (Å²) in [4.78, 5) is 20.0. The third kappa shape index (κ3) is 11.2. The standard InChI is InChI=1S/C84H50N4/c1-10-28-59(29-11-1)46-51-68-58-75-78(66-42-24-8-25-43-66)82-70(53-48-61-32-14-3-15-33-61)72(55-50-63-36-18-5-19-37-63)84(88-82)79(67-44-26-9-27-45-67)83-71(54-49-62-34-16-4-17-35-62)69(52-47-60-30-12-2-13-31-60)81(87-83)77(65-40-22-7-23-41-65)74-57-56-73(85-74)76(80(68)86-75)64-38-20-6-21-39-64/h1-45,56-58,86-87H. The van der Waals surface area contributed by atoms with E-state index in [1.807, 2.05) is 176 Å². The number of hydrogen-bond donors (Lipinski definition) is 2. The molecule has 8 bridgehead atoms. The second-order valence-corrected chi connectivity index (χ2v) is 20.9. The summed E-state index contributed by atoms with van der Waals surface area (Å²) in [5, 5.41) is 0. The molecule has 0 radical (unpaired) electrons. The summed E-state index contributed by atoms with van der Waals surface area (Å²) < 4.78 is 0. The second-order valence-electron chi connectivity index (χ2n) is 20.9. The van der Waals surface area contributed by atoms with E-state index in [1.54, 1.807) is 0 Å². The number of allylic oxidation sites excluding steroid dienone is 2. The number of nitrogens with zero attached hydrogens (tertiary/aromatic N) is 2. The Morgan fingerprint density at radius 1 is 0.250 bits per heavy atom. The molecule has 2 aliphatic rings. The van der Waals surface area contributed by atoms with Crippen molar-refractivity contribution in [2.45, 2.75) is 0 Å². The highest BCUT2D eigenvalue weighted by Crippen LogP contribution is 2.45. The summed E-state index contributed by atoms with van der Waals surface area (Å²) in [6, 6.07) is 94.3. The number of aromatic nitrogens is 4. The number of hydrogen-bond acceptors (Lipinski definition) is 2. The first kappa shape index (κ1) is 53.4. The summed E-state index contributed by atoms with van der Waals surface area (Å²) >= 11 is 0. The number of fused-ring (bicyclic) bond motifs is 8. The van der Waals surface area contributed by atoms with E-state index in [9.17, 15) is 0 Å². The van der Waals surface area contributed by atoms with E-state index in [4.69, 9.17) is 9.97 Å². The van der Waals surface area contributed by atoms with Crippen molar-refractivity contribution < 1.29 is 0 Å². The van der Waals surface area contributed by atoms with Crippen LogP contribution in [-0.2, 0) is 0 Å². The highest BCUT2D eigenvalue weighted by atomic mass is 14.8. The monoisotopic (exact) mass is 1110 g/mol. The van der Waals surface area contributed by atoms with Gasteiger partial charge in [-0.25, -0.2) is 9.97 Å². The lowest BCUT2D eigenvalue weighted by molar-refractivity contribution is 1.30. The molecule has 406 valence electrons. The second kappa shape index (κ2) is 24.7. The molecule has 2 N–H and O–H groups in total. The van der Waals surface area contributed by atoms with Gasteiger partial charge in [0.15, 0.2) is 0 Å². The maximum Gasteiger partial charge on any atom is 0.0907 e. The lowest BCUT2D eigenvalue weighted by Crippen LogP contribution is -1.91. The first-order valence-corrected chi connectivity index (χ1v) is 29.1. The minimum atomic E-state index is 0.600. The largest absolute Gasteiger partial charge is 0.353 e. The molecular formula is C84H50N4. The van der Waals surface area contributed by atoms with Crippen LogP contribution in [0.15, 0.2) is 279 Å². The highest BCUT2D eigenvalue weighted by molar-refractivity contribution is 6.14. The maximum absolute atomic E-state index is 6.05. The first-order chi connectivity index (χ1) is 43.7. The van der Waals surface area contributed by atoms with Crippen LogP contribution in [0.3, 0.4) is 0 Å². The summed E-state index contributed by atoms with van der Waals surface area (Å²) in [6.45, 7) is 0. The summed E-state index contributed by atoms with van der Waals surface area (Å²) in [6.07, 6.45) is 4.23. The van der Waals surface area contributed by atoms with Crippen LogP contribution in [0.4, 0.5) is 0 Å². The van der Waals surface area contributed by atoms with Gasteiger partial charge in [0.25, 0.3) is 0 Å². The Balaban J connectivity index is 1.29. The first-order valence-electron chi connectivity index (χ1n) is 29.1. The van der Waals surface area contributed by atoms with E-state index in [0.717, 1.165) is 106 Å². The molecule has 0 saturated carbocycles. The Morgan fingerprint density at radius 2 is 0.557 bits per heavy atom. The number of aromatic amines is 2. The Bertz CT molecular complexity index is 5200. The molecule has 0 saturated heterocycles. The van der Waals surface area contributed by atoms with Crippen LogP contribution >= 0.6 is 0 Å². The van der Waals surface area contributed by atoms with Gasteiger partial charge in [0.2, 0.25) is 0 Å². The lowest BCUT2D eigenvalue weighted by atomic mass is 9.94. The zero-order chi connectivity index (χ0) is 58.9. The molecular weight excluding hydrogens is 1060 g/mol. The third-order valence-corrected chi connectivity index (χ3v) is 15.2. The average molecular weight is 1120 g/mol. The Hall–Kier alpha value is -12.6. The van der Waals surface area contributed by atoms with Gasteiger partial charge >= 0.3 is 0 Å². The van der Waals surface area contributed by atoms with Crippen LogP contribution in [0.5, 0.6) is 0 Å². The van der Waals surface area contributed by atoms with Crippen LogP contribution in [0.1, 0.15) is 67.3 Å². The van der Waals surface area contributed by atoms with Crippen molar-refractivity contribution in [3.8, 4) is 104 Å². The fourth-order valence-corrected chi connectivity index (χ4v) is 11.1. The van der Waals surface area contributed by atoms with E-state index in [0.29, 0.717) is 39.2 Å². The summed E-state index contributed by atoms with van der Waals surface area (Å²) in [7, 11) is 0. The van der Waals surface area contributed by atoms with E-state index >= 15 is 0 Å². The molecule has 4 heteroatoms. The van der Waals surface area contributed by atoms with E-state index < -0.39 is 0 Å². The fraction of sp³-hybridized carbons (Fsp3) is 0. The normalized spacial score (nSPS) is 11.1. The molecule has 0 atom stereocenters. The molecule has 4 nitrogen and oxygen atoms in total. The van der Waals surface area contributed by atoms with Crippen molar-refractivity contribution in [2.24, 2.45) is 0 Å². The molecule has 88 heavy (non-hydrogen) atoms. The fourth-order valence-electron chi connectivity index (χ4n) is 11.1. The molecule has 0 aliphatic carbocycles. The molecule has 0 fully saturated rings. The predicted molar refractivity (Wildman–Crippen MR) is 362 cm³/mol. The molecule has 0 unspecified atom stereocenters. The van der Waals surface area contributed by atoms with Crippen molar-refractivity contribution in [3.63, 3.8) is 0 Å². The quantitative estimate of drug-likeness (QED) is 0.173. The molecule has 12 aromatic rings. The summed E-state index contributed by atoms with van der Waals surface area (Å²) in [5.41, 5.74) is 20.2. The maximum atomic E-state index is 6.05. The van der Waals surface area contributed by atoms with Gasteiger partial charge in [-0.3, -0.25) is 0 Å². The molecule has 14 rings (SSSR count). The smallest absolute Gasteiger partial charge is 0.0907 e. The Kier molecular flexibility index (Phi) is 15.0. The minimum absolute atomic E-state index is 0.600. The van der Waals surface area contributed by atoms with Gasteiger partial charge in [0.05, 0.1) is 67.2 Å². The zero-order valence-electron chi connectivity index (χ0n) is 47.6. The third-order valence-electron chi connectivity index (χ3n) is 15.2. The van der Waals surface area contributed by atoms with Gasteiger partial charge in [0.1, 0.15) is 0 Å². The van der Waals surface area contributed by atoms with E-state index in [1.165, 1.54) is 0 Å². The van der Waals surface area contributed by atoms with Crippen molar-refractivity contribution in [2.75, 3.05) is 0 Å². The molecule has 3 aromatic heterocycles. The van der Waals surface area contributed by atoms with Crippen LogP contribution in [0, 0.1) is 59.2 Å².